The Labute approximate surface area is 287 Å². The van der Waals surface area contributed by atoms with Gasteiger partial charge < -0.3 is 21.3 Å². The van der Waals surface area contributed by atoms with E-state index in [1.54, 1.807) is 24.3 Å². The first-order chi connectivity index (χ1) is 22.9. The van der Waals surface area contributed by atoms with Crippen molar-refractivity contribution in [3.63, 3.8) is 0 Å². The van der Waals surface area contributed by atoms with Crippen molar-refractivity contribution in [3.05, 3.63) is 99.8 Å². The van der Waals surface area contributed by atoms with E-state index in [0.29, 0.717) is 5.56 Å². The Morgan fingerprint density at radius 1 is 0.796 bits per heavy atom. The number of rotatable bonds is 14. The number of alkyl halides is 5. The third-order valence-electron chi connectivity index (χ3n) is 6.92. The smallest absolute Gasteiger partial charge is 0.344 e. The third-order valence-corrected chi connectivity index (χ3v) is 7.65. The van der Waals surface area contributed by atoms with E-state index in [1.807, 2.05) is 0 Å². The summed E-state index contributed by atoms with van der Waals surface area (Å²) in [7, 11) is 0. The molecule has 4 amide bonds. The number of benzene rings is 2. The first-order valence-corrected chi connectivity index (χ1v) is 15.2. The number of ketones is 1. The van der Waals surface area contributed by atoms with Gasteiger partial charge in [0.2, 0.25) is 17.6 Å². The van der Waals surface area contributed by atoms with E-state index < -0.39 is 72.1 Å². The monoisotopic (exact) mass is 729 g/mol. The summed E-state index contributed by atoms with van der Waals surface area (Å²) in [6.45, 7) is 0.391. The van der Waals surface area contributed by atoms with Crippen molar-refractivity contribution in [2.45, 2.75) is 50.5 Å². The maximum absolute atomic E-state index is 14.8. The molecule has 1 heterocycles. The normalized spacial score (nSPS) is 13.5. The van der Waals surface area contributed by atoms with E-state index in [-0.39, 0.29) is 27.7 Å². The molecular formula is C32H30Cl2F5N5O5. The molecule has 49 heavy (non-hydrogen) atoms. The van der Waals surface area contributed by atoms with Crippen LogP contribution in [0.2, 0.25) is 10.0 Å². The summed E-state index contributed by atoms with van der Waals surface area (Å²) in [5, 5.41) is 8.48. The standard InChI is InChI=1S/C32H30Cl2F5N5O5/c1-17(2)24(26(45)32(38,39)30(49)41-16-31(35,36)37)43-29(48)25(19-8-4-3-5-9-19)44-28(47)23(15-18-11-12-20(33)21(34)14-18)42-27(46)22-10-6-7-13-40-22/h3-14,17,23-25H,15-16H2,1-2H3,(H,41,49)(H,42,46)(H,43,48)(H,44,47). The summed E-state index contributed by atoms with van der Waals surface area (Å²) in [5.41, 5.74) is 0.542. The molecule has 0 aliphatic heterocycles. The molecule has 4 N–H and O–H groups in total. The van der Waals surface area contributed by atoms with Crippen LogP contribution in [0.15, 0.2) is 72.9 Å². The highest BCUT2D eigenvalue weighted by Gasteiger charge is 2.52. The molecule has 262 valence electrons. The SMILES string of the molecule is CC(C)C(NC(=O)C(NC(=O)C(Cc1ccc(Cl)c(Cl)c1)NC(=O)c1ccccn1)c1ccccc1)C(=O)C(F)(F)C(=O)NCC(F)(F)F. The van der Waals surface area contributed by atoms with Gasteiger partial charge in [-0.25, -0.2) is 0 Å². The van der Waals surface area contributed by atoms with Crippen molar-refractivity contribution < 1.29 is 45.9 Å². The molecule has 0 spiro atoms. The van der Waals surface area contributed by atoms with Crippen molar-refractivity contribution >= 4 is 52.6 Å². The second kappa shape index (κ2) is 16.7. The Balaban J connectivity index is 1.92. The molecule has 0 aliphatic carbocycles. The Bertz CT molecular complexity index is 1660. The number of halogens is 7. The van der Waals surface area contributed by atoms with Gasteiger partial charge in [0.05, 0.1) is 16.1 Å². The van der Waals surface area contributed by atoms with Crippen LogP contribution in [0.4, 0.5) is 22.0 Å². The molecule has 0 aliphatic rings. The number of nitrogens with zero attached hydrogens (tertiary/aromatic N) is 1. The molecule has 1 aromatic heterocycles. The van der Waals surface area contributed by atoms with E-state index in [2.05, 4.69) is 20.9 Å². The van der Waals surface area contributed by atoms with Gasteiger partial charge >= 0.3 is 12.1 Å². The summed E-state index contributed by atoms with van der Waals surface area (Å²) < 4.78 is 67.1. The fourth-order valence-corrected chi connectivity index (χ4v) is 4.72. The van der Waals surface area contributed by atoms with Gasteiger partial charge in [-0.05, 0) is 41.3 Å². The van der Waals surface area contributed by atoms with E-state index in [1.165, 1.54) is 62.5 Å². The number of nitrogens with one attached hydrogen (secondary N) is 4. The van der Waals surface area contributed by atoms with Crippen molar-refractivity contribution in [3.8, 4) is 0 Å². The summed E-state index contributed by atoms with van der Waals surface area (Å²) in [6, 6.07) is 11.3. The molecule has 0 bridgehead atoms. The average molecular weight is 731 g/mol. The van der Waals surface area contributed by atoms with Gasteiger partial charge in [-0.15, -0.1) is 0 Å². The maximum Gasteiger partial charge on any atom is 0.405 e. The Kier molecular flexibility index (Phi) is 13.2. The fraction of sp³-hybridized carbons (Fsp3) is 0.312. The van der Waals surface area contributed by atoms with Crippen LogP contribution >= 0.6 is 23.2 Å². The molecule has 17 heteroatoms. The van der Waals surface area contributed by atoms with E-state index in [0.717, 1.165) is 5.32 Å². The molecule has 3 rings (SSSR count). The van der Waals surface area contributed by atoms with Crippen LogP contribution in [0, 0.1) is 5.92 Å². The first-order valence-electron chi connectivity index (χ1n) is 14.5. The highest BCUT2D eigenvalue weighted by atomic mass is 35.5. The van der Waals surface area contributed by atoms with Crippen LogP contribution in [0.25, 0.3) is 0 Å². The lowest BCUT2D eigenvalue weighted by atomic mass is 9.94. The van der Waals surface area contributed by atoms with E-state index in [9.17, 15) is 45.9 Å². The van der Waals surface area contributed by atoms with Crippen LogP contribution in [0.3, 0.4) is 0 Å². The molecule has 3 atom stereocenters. The number of Topliss-reactive ketones (excluding diaryl/α,β-unsaturated/α-hetero) is 1. The number of amides is 4. The van der Waals surface area contributed by atoms with Gasteiger partial charge in [-0.1, -0.05) is 79.5 Å². The number of aromatic nitrogens is 1. The van der Waals surface area contributed by atoms with E-state index in [4.69, 9.17) is 23.2 Å². The predicted molar refractivity (Wildman–Crippen MR) is 169 cm³/mol. The molecule has 2 aromatic carbocycles. The number of carbonyl (C=O) groups is 5. The first kappa shape index (κ1) is 38.8. The maximum atomic E-state index is 14.8. The zero-order valence-corrected chi connectivity index (χ0v) is 27.3. The highest BCUT2D eigenvalue weighted by molar-refractivity contribution is 6.42. The largest absolute Gasteiger partial charge is 0.405 e. The van der Waals surface area contributed by atoms with Gasteiger partial charge in [0.1, 0.15) is 24.3 Å². The second-order valence-corrected chi connectivity index (χ2v) is 11.8. The summed E-state index contributed by atoms with van der Waals surface area (Å²) >= 11 is 12.1. The number of carbonyl (C=O) groups excluding carboxylic acids is 5. The van der Waals surface area contributed by atoms with Crippen LogP contribution in [0.5, 0.6) is 0 Å². The minimum absolute atomic E-state index is 0.0368. The molecule has 0 radical (unpaired) electrons. The van der Waals surface area contributed by atoms with Crippen molar-refractivity contribution in [1.29, 1.82) is 0 Å². The highest BCUT2D eigenvalue weighted by Crippen LogP contribution is 2.25. The molecule has 3 unspecified atom stereocenters. The Morgan fingerprint density at radius 3 is 2.02 bits per heavy atom. The molecule has 0 saturated heterocycles. The zero-order chi connectivity index (χ0) is 36.5. The quantitative estimate of drug-likeness (QED) is 0.141. The van der Waals surface area contributed by atoms with Crippen LogP contribution in [0.1, 0.15) is 41.5 Å². The lowest BCUT2D eigenvalue weighted by Crippen LogP contribution is -2.58. The lowest BCUT2D eigenvalue weighted by molar-refractivity contribution is -0.165. The zero-order valence-electron chi connectivity index (χ0n) is 25.8. The topological polar surface area (TPSA) is 146 Å². The summed E-state index contributed by atoms with van der Waals surface area (Å²) in [4.78, 5) is 69.2. The van der Waals surface area contributed by atoms with Crippen LogP contribution < -0.4 is 21.3 Å². The lowest BCUT2D eigenvalue weighted by Gasteiger charge is -2.28. The average Bonchev–Trinajstić information content (AvgIpc) is 3.05. The Hall–Kier alpha value is -4.63. The predicted octanol–water partition coefficient (Wildman–Crippen LogP) is 4.61. The molecule has 0 saturated carbocycles. The minimum Gasteiger partial charge on any atom is -0.344 e. The minimum atomic E-state index is -5.03. The van der Waals surface area contributed by atoms with Crippen molar-refractivity contribution in [2.75, 3.05) is 6.54 Å². The molecular weight excluding hydrogens is 700 g/mol. The number of hydrogen-bond acceptors (Lipinski definition) is 6. The second-order valence-electron chi connectivity index (χ2n) is 11.0. The van der Waals surface area contributed by atoms with E-state index >= 15 is 0 Å². The van der Waals surface area contributed by atoms with Crippen LogP contribution in [-0.2, 0) is 25.6 Å². The Morgan fingerprint density at radius 2 is 1.45 bits per heavy atom. The van der Waals surface area contributed by atoms with Gasteiger partial charge in [0.15, 0.2) is 0 Å². The van der Waals surface area contributed by atoms with Gasteiger partial charge in [0, 0.05) is 12.6 Å². The molecule has 3 aromatic rings. The summed E-state index contributed by atoms with van der Waals surface area (Å²) in [5.74, 6) is -13.6. The fourth-order valence-electron chi connectivity index (χ4n) is 4.40. The van der Waals surface area contributed by atoms with Gasteiger partial charge in [0.25, 0.3) is 11.8 Å². The molecule has 10 nitrogen and oxygen atoms in total. The number of pyridine rings is 1. The molecule has 0 fully saturated rings. The number of hydrogen-bond donors (Lipinski definition) is 4. The summed E-state index contributed by atoms with van der Waals surface area (Å²) in [6.07, 6.45) is -3.85. The van der Waals surface area contributed by atoms with Crippen molar-refractivity contribution in [2.24, 2.45) is 5.92 Å². The van der Waals surface area contributed by atoms with Gasteiger partial charge in [-0.2, -0.15) is 22.0 Å². The van der Waals surface area contributed by atoms with Crippen molar-refractivity contribution in [1.82, 2.24) is 26.3 Å². The van der Waals surface area contributed by atoms with Crippen LogP contribution in [-0.4, -0.2) is 65.1 Å². The third kappa shape index (κ3) is 10.9. The van der Waals surface area contributed by atoms with Gasteiger partial charge in [-0.3, -0.25) is 29.0 Å².